The third kappa shape index (κ3) is 5.82. The highest BCUT2D eigenvalue weighted by Crippen LogP contribution is 2.38. The molecule has 0 atom stereocenters. The third-order valence-electron chi connectivity index (χ3n) is 6.81. The van der Waals surface area contributed by atoms with Gasteiger partial charge in [-0.25, -0.2) is 0 Å². The van der Waals surface area contributed by atoms with Crippen molar-refractivity contribution in [1.29, 1.82) is 0 Å². The standard InChI is InChI=1S/C32H33N3O4/c1-4-39-29-17-13-21(19-30(29)38-3)14-18-31(36)33-22-15-16-26-24(20-22)32(23-9-5-6-10-25(23)34-26)35-27-11-7-8-12-28(27)37-2/h7-8,11-20H,4-6,9-10H2,1-3H3,(H,33,36)(H,34,35). The number of carbonyl (C=O) groups excluding carboxylic acids is 1. The largest absolute Gasteiger partial charge is 0.495 e. The monoisotopic (exact) mass is 523 g/mol. The number of nitrogens with one attached hydrogen (secondary N) is 2. The molecule has 0 bridgehead atoms. The number of pyridine rings is 1. The quantitative estimate of drug-likeness (QED) is 0.232. The van der Waals surface area contributed by atoms with Crippen molar-refractivity contribution >= 4 is 39.9 Å². The van der Waals surface area contributed by atoms with E-state index in [1.807, 2.05) is 67.6 Å². The van der Waals surface area contributed by atoms with E-state index in [9.17, 15) is 4.79 Å². The Bertz CT molecular complexity index is 1530. The minimum absolute atomic E-state index is 0.229. The molecule has 1 aromatic heterocycles. The molecule has 2 N–H and O–H groups in total. The fourth-order valence-electron chi connectivity index (χ4n) is 4.95. The van der Waals surface area contributed by atoms with Crippen LogP contribution < -0.4 is 24.8 Å². The van der Waals surface area contributed by atoms with Crippen LogP contribution in [0.1, 0.15) is 36.6 Å². The van der Waals surface area contributed by atoms with E-state index in [0.29, 0.717) is 23.8 Å². The van der Waals surface area contributed by atoms with E-state index in [4.69, 9.17) is 19.2 Å². The highest BCUT2D eigenvalue weighted by atomic mass is 16.5. The van der Waals surface area contributed by atoms with Crippen molar-refractivity contribution < 1.29 is 19.0 Å². The van der Waals surface area contributed by atoms with Crippen LogP contribution in [0.25, 0.3) is 17.0 Å². The summed E-state index contributed by atoms with van der Waals surface area (Å²) in [5, 5.41) is 7.59. The van der Waals surface area contributed by atoms with Crippen LogP contribution in [-0.2, 0) is 17.6 Å². The topological polar surface area (TPSA) is 81.7 Å². The molecule has 1 heterocycles. The van der Waals surface area contributed by atoms with Gasteiger partial charge in [-0.15, -0.1) is 0 Å². The first-order valence-electron chi connectivity index (χ1n) is 13.2. The minimum atomic E-state index is -0.229. The maximum absolute atomic E-state index is 12.8. The number of anilines is 3. The molecule has 3 aromatic carbocycles. The molecule has 0 aliphatic heterocycles. The maximum Gasteiger partial charge on any atom is 0.248 e. The summed E-state index contributed by atoms with van der Waals surface area (Å²) >= 11 is 0. The summed E-state index contributed by atoms with van der Waals surface area (Å²) in [7, 11) is 3.27. The first kappa shape index (κ1) is 26.1. The average Bonchev–Trinajstić information content (AvgIpc) is 2.97. The van der Waals surface area contributed by atoms with Crippen molar-refractivity contribution in [2.24, 2.45) is 0 Å². The summed E-state index contributed by atoms with van der Waals surface area (Å²) in [5.41, 5.74) is 6.70. The molecule has 7 nitrogen and oxygen atoms in total. The number of benzene rings is 3. The van der Waals surface area contributed by atoms with E-state index >= 15 is 0 Å². The highest BCUT2D eigenvalue weighted by Gasteiger charge is 2.20. The number of fused-ring (bicyclic) bond motifs is 2. The van der Waals surface area contributed by atoms with Crippen LogP contribution in [0.15, 0.2) is 66.7 Å². The number of amides is 1. The number of carbonyl (C=O) groups is 1. The van der Waals surface area contributed by atoms with Crippen LogP contribution >= 0.6 is 0 Å². The molecule has 5 rings (SSSR count). The van der Waals surface area contributed by atoms with Gasteiger partial charge in [-0.2, -0.15) is 0 Å². The number of aromatic nitrogens is 1. The summed E-state index contributed by atoms with van der Waals surface area (Å²) < 4.78 is 16.6. The van der Waals surface area contributed by atoms with Gasteiger partial charge < -0.3 is 24.8 Å². The van der Waals surface area contributed by atoms with Gasteiger partial charge in [-0.3, -0.25) is 9.78 Å². The molecule has 0 radical (unpaired) electrons. The summed E-state index contributed by atoms with van der Waals surface area (Å²) in [6.07, 6.45) is 7.45. The molecular weight excluding hydrogens is 490 g/mol. The number of para-hydroxylation sites is 2. The molecule has 0 saturated carbocycles. The zero-order valence-electron chi connectivity index (χ0n) is 22.5. The molecule has 0 unspecified atom stereocenters. The lowest BCUT2D eigenvalue weighted by Crippen LogP contribution is -2.11. The van der Waals surface area contributed by atoms with E-state index in [1.54, 1.807) is 20.3 Å². The highest BCUT2D eigenvalue weighted by molar-refractivity contribution is 6.04. The predicted molar refractivity (Wildman–Crippen MR) is 156 cm³/mol. The van der Waals surface area contributed by atoms with E-state index in [1.165, 1.54) is 11.6 Å². The molecule has 1 amide bonds. The maximum atomic E-state index is 12.8. The number of rotatable bonds is 9. The van der Waals surface area contributed by atoms with Gasteiger partial charge in [-0.1, -0.05) is 18.2 Å². The SMILES string of the molecule is CCOc1ccc(C=CC(=O)Nc2ccc3nc4c(c(Nc5ccccc5OC)c3c2)CCCC4)cc1OC. The molecule has 39 heavy (non-hydrogen) atoms. The lowest BCUT2D eigenvalue weighted by molar-refractivity contribution is -0.111. The molecule has 1 aliphatic rings. The summed E-state index contributed by atoms with van der Waals surface area (Å²) in [5.74, 6) is 1.84. The van der Waals surface area contributed by atoms with Gasteiger partial charge in [0.1, 0.15) is 5.75 Å². The number of aryl methyl sites for hydroxylation is 1. The van der Waals surface area contributed by atoms with Gasteiger partial charge in [0, 0.05) is 22.8 Å². The minimum Gasteiger partial charge on any atom is -0.495 e. The zero-order valence-corrected chi connectivity index (χ0v) is 22.5. The number of hydrogen-bond acceptors (Lipinski definition) is 6. The second-order valence-electron chi connectivity index (χ2n) is 9.34. The van der Waals surface area contributed by atoms with E-state index in [0.717, 1.165) is 65.0 Å². The Hall–Kier alpha value is -4.52. The molecule has 4 aromatic rings. The van der Waals surface area contributed by atoms with Crippen LogP contribution in [0, 0.1) is 0 Å². The summed E-state index contributed by atoms with van der Waals surface area (Å²) in [6.45, 7) is 2.47. The van der Waals surface area contributed by atoms with Crippen LogP contribution in [-0.4, -0.2) is 31.7 Å². The Morgan fingerprint density at radius 2 is 1.77 bits per heavy atom. The Morgan fingerprint density at radius 1 is 0.949 bits per heavy atom. The van der Waals surface area contributed by atoms with E-state index in [2.05, 4.69) is 10.6 Å². The van der Waals surface area contributed by atoms with Crippen molar-refractivity contribution in [2.45, 2.75) is 32.6 Å². The second-order valence-corrected chi connectivity index (χ2v) is 9.34. The van der Waals surface area contributed by atoms with Gasteiger partial charge in [0.15, 0.2) is 11.5 Å². The number of hydrogen-bond donors (Lipinski definition) is 2. The van der Waals surface area contributed by atoms with Crippen molar-refractivity contribution in [3.8, 4) is 17.2 Å². The van der Waals surface area contributed by atoms with Gasteiger partial charge in [-0.05, 0) is 92.3 Å². The normalized spacial score (nSPS) is 12.7. The lowest BCUT2D eigenvalue weighted by Gasteiger charge is -2.22. The molecular formula is C32H33N3O4. The Kier molecular flexibility index (Phi) is 7.96. The fraction of sp³-hybridized carbons (Fsp3) is 0.250. The van der Waals surface area contributed by atoms with Crippen LogP contribution in [0.5, 0.6) is 17.2 Å². The lowest BCUT2D eigenvalue weighted by atomic mass is 9.92. The zero-order chi connectivity index (χ0) is 27.2. The third-order valence-corrected chi connectivity index (χ3v) is 6.81. The Labute approximate surface area is 228 Å². The average molecular weight is 524 g/mol. The smallest absolute Gasteiger partial charge is 0.248 e. The first-order valence-corrected chi connectivity index (χ1v) is 13.2. The second kappa shape index (κ2) is 11.9. The van der Waals surface area contributed by atoms with Gasteiger partial charge in [0.05, 0.1) is 37.7 Å². The summed E-state index contributed by atoms with van der Waals surface area (Å²) in [6, 6.07) is 19.3. The number of methoxy groups -OCH3 is 2. The molecule has 200 valence electrons. The van der Waals surface area contributed by atoms with E-state index < -0.39 is 0 Å². The Balaban J connectivity index is 1.43. The van der Waals surface area contributed by atoms with Crippen molar-refractivity contribution in [3.05, 3.63) is 83.6 Å². The van der Waals surface area contributed by atoms with Crippen LogP contribution in [0.2, 0.25) is 0 Å². The van der Waals surface area contributed by atoms with Crippen molar-refractivity contribution in [2.75, 3.05) is 31.5 Å². The van der Waals surface area contributed by atoms with Gasteiger partial charge in [0.25, 0.3) is 0 Å². The fourth-order valence-corrected chi connectivity index (χ4v) is 4.95. The molecule has 0 fully saturated rings. The molecule has 0 saturated heterocycles. The predicted octanol–water partition coefficient (Wildman–Crippen LogP) is 6.93. The number of nitrogens with zero attached hydrogens (tertiary/aromatic N) is 1. The van der Waals surface area contributed by atoms with Crippen molar-refractivity contribution in [1.82, 2.24) is 4.98 Å². The van der Waals surface area contributed by atoms with Gasteiger partial charge >= 0.3 is 0 Å². The molecule has 1 aliphatic carbocycles. The molecule has 0 spiro atoms. The van der Waals surface area contributed by atoms with Gasteiger partial charge in [0.2, 0.25) is 5.91 Å². The van der Waals surface area contributed by atoms with Crippen LogP contribution in [0.3, 0.4) is 0 Å². The Morgan fingerprint density at radius 3 is 2.59 bits per heavy atom. The van der Waals surface area contributed by atoms with E-state index in [-0.39, 0.29) is 5.91 Å². The summed E-state index contributed by atoms with van der Waals surface area (Å²) in [4.78, 5) is 17.8. The first-order chi connectivity index (χ1) is 19.1. The molecule has 7 heteroatoms. The number of ether oxygens (including phenoxy) is 3. The van der Waals surface area contributed by atoms with Crippen LogP contribution in [0.4, 0.5) is 17.1 Å². The van der Waals surface area contributed by atoms with Crippen molar-refractivity contribution in [3.63, 3.8) is 0 Å².